The summed E-state index contributed by atoms with van der Waals surface area (Å²) in [5.41, 5.74) is 0. The Hall–Kier alpha value is -1.81. The lowest BCUT2D eigenvalue weighted by Crippen LogP contribution is -2.16. The highest BCUT2D eigenvalue weighted by atomic mass is 16.5. The van der Waals surface area contributed by atoms with Crippen LogP contribution in [0.2, 0.25) is 0 Å². The minimum atomic E-state index is -1.02. The van der Waals surface area contributed by atoms with Gasteiger partial charge in [-0.25, -0.2) is 4.79 Å². The van der Waals surface area contributed by atoms with Crippen LogP contribution in [0.1, 0.15) is 6.42 Å². The summed E-state index contributed by atoms with van der Waals surface area (Å²) in [6.07, 6.45) is 1.97. The van der Waals surface area contributed by atoms with E-state index >= 15 is 0 Å². The molecular weight excluding hydrogens is 208 g/mol. The number of aliphatic carboxylic acids is 1. The Morgan fingerprint density at radius 1 is 1.38 bits per heavy atom. The van der Waals surface area contributed by atoms with Gasteiger partial charge in [-0.2, -0.15) is 0 Å². The van der Waals surface area contributed by atoms with E-state index in [0.717, 1.165) is 6.08 Å². The van der Waals surface area contributed by atoms with E-state index in [2.05, 4.69) is 0 Å². The van der Waals surface area contributed by atoms with Crippen molar-refractivity contribution < 1.29 is 19.7 Å². The molecular formula is C12H14O4. The summed E-state index contributed by atoms with van der Waals surface area (Å²) in [6.45, 7) is 0.147. The molecule has 4 heteroatoms. The number of ether oxygens (including phenoxy) is 1. The minimum absolute atomic E-state index is 0.147. The van der Waals surface area contributed by atoms with Crippen molar-refractivity contribution in [2.24, 2.45) is 0 Å². The molecule has 86 valence electrons. The Labute approximate surface area is 93.8 Å². The second kappa shape index (κ2) is 6.63. The molecule has 4 nitrogen and oxygen atoms in total. The quantitative estimate of drug-likeness (QED) is 0.715. The normalized spacial score (nSPS) is 12.6. The Morgan fingerprint density at radius 2 is 2.06 bits per heavy atom. The zero-order valence-electron chi connectivity index (χ0n) is 8.74. The molecule has 0 aliphatic heterocycles. The highest BCUT2D eigenvalue weighted by Gasteiger charge is 2.02. The van der Waals surface area contributed by atoms with Gasteiger partial charge in [-0.1, -0.05) is 24.3 Å². The van der Waals surface area contributed by atoms with Crippen LogP contribution in [-0.4, -0.2) is 28.9 Å². The van der Waals surface area contributed by atoms with Crippen LogP contribution in [0, 0.1) is 0 Å². The second-order valence-corrected chi connectivity index (χ2v) is 3.25. The molecule has 2 N–H and O–H groups in total. The van der Waals surface area contributed by atoms with E-state index < -0.39 is 12.1 Å². The lowest BCUT2D eigenvalue weighted by Gasteiger charge is -2.09. The van der Waals surface area contributed by atoms with Gasteiger partial charge < -0.3 is 14.9 Å². The van der Waals surface area contributed by atoms with Crippen molar-refractivity contribution in [1.29, 1.82) is 0 Å². The fourth-order valence-corrected chi connectivity index (χ4v) is 1.10. The molecule has 0 radical (unpaired) electrons. The number of carbonyl (C=O) groups is 1. The predicted octanol–water partition coefficient (Wildman–Crippen LogP) is 1.46. The number of aliphatic hydroxyl groups is 1. The molecule has 0 aromatic heterocycles. The maximum Gasteiger partial charge on any atom is 0.327 e. The van der Waals surface area contributed by atoms with Crippen LogP contribution in [0.4, 0.5) is 0 Å². The van der Waals surface area contributed by atoms with Gasteiger partial charge in [0.1, 0.15) is 12.4 Å². The third kappa shape index (κ3) is 5.17. The molecule has 16 heavy (non-hydrogen) atoms. The first kappa shape index (κ1) is 12.3. The largest absolute Gasteiger partial charge is 0.491 e. The van der Waals surface area contributed by atoms with E-state index in [-0.39, 0.29) is 13.0 Å². The predicted molar refractivity (Wildman–Crippen MR) is 59.3 cm³/mol. The third-order valence-corrected chi connectivity index (χ3v) is 1.85. The molecule has 0 saturated heterocycles. The molecule has 0 amide bonds. The van der Waals surface area contributed by atoms with Gasteiger partial charge in [-0.05, 0) is 18.6 Å². The van der Waals surface area contributed by atoms with Crippen LogP contribution in [0.25, 0.3) is 0 Å². The molecule has 0 saturated carbocycles. The molecule has 1 aromatic rings. The second-order valence-electron chi connectivity index (χ2n) is 3.25. The lowest BCUT2D eigenvalue weighted by molar-refractivity contribution is -0.131. The van der Waals surface area contributed by atoms with Crippen LogP contribution in [-0.2, 0) is 4.79 Å². The fourth-order valence-electron chi connectivity index (χ4n) is 1.10. The van der Waals surface area contributed by atoms with Crippen LogP contribution in [0.3, 0.4) is 0 Å². The van der Waals surface area contributed by atoms with Gasteiger partial charge in [0.25, 0.3) is 0 Å². The molecule has 0 bridgehead atoms. The number of carboxylic acids is 1. The zero-order valence-corrected chi connectivity index (χ0v) is 8.74. The van der Waals surface area contributed by atoms with E-state index in [1.54, 1.807) is 12.1 Å². The number of aliphatic hydroxyl groups excluding tert-OH is 1. The molecule has 0 spiro atoms. The van der Waals surface area contributed by atoms with Crippen molar-refractivity contribution in [3.63, 3.8) is 0 Å². The monoisotopic (exact) mass is 222 g/mol. The number of carboxylic acid groups (broad SMARTS) is 1. The van der Waals surface area contributed by atoms with Crippen molar-refractivity contribution in [2.45, 2.75) is 12.5 Å². The molecule has 0 aliphatic carbocycles. The molecule has 1 atom stereocenters. The van der Waals surface area contributed by atoms with Crippen LogP contribution < -0.4 is 4.74 Å². The standard InChI is InChI=1S/C12H14O4/c13-10(5-4-8-12(14)15)9-16-11-6-2-1-3-7-11/h1-4,6-8,10,13H,5,9H2,(H,14,15). The van der Waals surface area contributed by atoms with E-state index in [1.807, 2.05) is 18.2 Å². The maximum absolute atomic E-state index is 10.2. The fraction of sp³-hybridized carbons (Fsp3) is 0.250. The molecule has 1 aromatic carbocycles. The van der Waals surface area contributed by atoms with Gasteiger partial charge in [0, 0.05) is 6.08 Å². The third-order valence-electron chi connectivity index (χ3n) is 1.85. The highest BCUT2D eigenvalue weighted by molar-refractivity contribution is 5.79. The number of benzene rings is 1. The van der Waals surface area contributed by atoms with Crippen molar-refractivity contribution in [3.8, 4) is 5.75 Å². The molecule has 1 rings (SSSR count). The number of hydrogen-bond donors (Lipinski definition) is 2. The van der Waals surface area contributed by atoms with E-state index in [4.69, 9.17) is 9.84 Å². The van der Waals surface area contributed by atoms with Crippen LogP contribution in [0.5, 0.6) is 5.75 Å². The molecule has 0 heterocycles. The van der Waals surface area contributed by atoms with E-state index in [1.165, 1.54) is 6.08 Å². The Kier molecular flexibility index (Phi) is 5.08. The Bertz CT molecular complexity index is 345. The molecule has 0 aliphatic rings. The minimum Gasteiger partial charge on any atom is -0.491 e. The summed E-state index contributed by atoms with van der Waals surface area (Å²) in [5.74, 6) is -0.333. The number of para-hydroxylation sites is 1. The van der Waals surface area contributed by atoms with Gasteiger partial charge in [-0.15, -0.1) is 0 Å². The average Bonchev–Trinajstić information content (AvgIpc) is 2.27. The van der Waals surface area contributed by atoms with Gasteiger partial charge in [0.15, 0.2) is 0 Å². The zero-order chi connectivity index (χ0) is 11.8. The number of rotatable bonds is 6. The first-order valence-electron chi connectivity index (χ1n) is 4.94. The summed E-state index contributed by atoms with van der Waals surface area (Å²) >= 11 is 0. The van der Waals surface area contributed by atoms with Crippen molar-refractivity contribution >= 4 is 5.97 Å². The Morgan fingerprint density at radius 3 is 2.69 bits per heavy atom. The lowest BCUT2D eigenvalue weighted by atomic mass is 10.2. The van der Waals surface area contributed by atoms with Crippen molar-refractivity contribution in [2.75, 3.05) is 6.61 Å². The van der Waals surface area contributed by atoms with Crippen molar-refractivity contribution in [3.05, 3.63) is 42.5 Å². The summed E-state index contributed by atoms with van der Waals surface area (Å²) in [7, 11) is 0. The Balaban J connectivity index is 2.25. The summed E-state index contributed by atoms with van der Waals surface area (Å²) < 4.78 is 5.29. The van der Waals surface area contributed by atoms with Gasteiger partial charge in [-0.3, -0.25) is 0 Å². The average molecular weight is 222 g/mol. The summed E-state index contributed by atoms with van der Waals surface area (Å²) in [4.78, 5) is 10.2. The van der Waals surface area contributed by atoms with Crippen LogP contribution in [0.15, 0.2) is 42.5 Å². The highest BCUT2D eigenvalue weighted by Crippen LogP contribution is 2.09. The van der Waals surface area contributed by atoms with E-state index in [9.17, 15) is 9.90 Å². The van der Waals surface area contributed by atoms with Crippen molar-refractivity contribution in [1.82, 2.24) is 0 Å². The number of hydrogen-bond acceptors (Lipinski definition) is 3. The summed E-state index contributed by atoms with van der Waals surface area (Å²) in [6, 6.07) is 9.14. The topological polar surface area (TPSA) is 66.8 Å². The first-order valence-corrected chi connectivity index (χ1v) is 4.94. The first-order chi connectivity index (χ1) is 7.68. The summed E-state index contributed by atoms with van der Waals surface area (Å²) in [5, 5.41) is 17.8. The maximum atomic E-state index is 10.2. The smallest absolute Gasteiger partial charge is 0.327 e. The molecule has 1 unspecified atom stereocenters. The van der Waals surface area contributed by atoms with Gasteiger partial charge in [0.05, 0.1) is 6.10 Å². The molecule has 0 fully saturated rings. The van der Waals surface area contributed by atoms with E-state index in [0.29, 0.717) is 5.75 Å². The SMILES string of the molecule is O=C(O)C=CCC(O)COc1ccccc1. The van der Waals surface area contributed by atoms with Gasteiger partial charge in [0.2, 0.25) is 0 Å². The van der Waals surface area contributed by atoms with Crippen LogP contribution >= 0.6 is 0 Å². The van der Waals surface area contributed by atoms with Gasteiger partial charge >= 0.3 is 5.97 Å².